The summed E-state index contributed by atoms with van der Waals surface area (Å²) >= 11 is 0. The molecule has 14 heteroatoms. The zero-order valence-electron chi connectivity index (χ0n) is 33.2. The number of ether oxygens (including phenoxy) is 2. The molecule has 12 rings (SSSR count). The second-order valence-corrected chi connectivity index (χ2v) is 14.7. The van der Waals surface area contributed by atoms with Gasteiger partial charge in [0.15, 0.2) is 23.8 Å². The molecule has 4 aromatic carbocycles. The number of hydrogen-bond donors (Lipinski definition) is 0. The van der Waals surface area contributed by atoms with Crippen molar-refractivity contribution in [2.24, 2.45) is 0 Å². The quantitative estimate of drug-likeness (QED) is 0.140. The van der Waals surface area contributed by atoms with Crippen LogP contribution >= 0.6 is 0 Å². The summed E-state index contributed by atoms with van der Waals surface area (Å²) in [5, 5.41) is 1.99. The minimum atomic E-state index is 0.660. The van der Waals surface area contributed by atoms with Gasteiger partial charge in [0.2, 0.25) is 0 Å². The van der Waals surface area contributed by atoms with Crippen LogP contribution in [0.15, 0.2) is 159 Å². The fraction of sp³-hybridized carbons (Fsp3) is 0.0417. The number of rotatable bonds is 8. The Kier molecular flexibility index (Phi) is 7.81. The molecule has 292 valence electrons. The molecule has 62 heavy (non-hydrogen) atoms. The van der Waals surface area contributed by atoms with Crippen LogP contribution in [0.1, 0.15) is 0 Å². The van der Waals surface area contributed by atoms with Crippen molar-refractivity contribution in [3.8, 4) is 34.6 Å². The smallest absolute Gasteiger partial charge is 0.457 e. The lowest BCUT2D eigenvalue weighted by molar-refractivity contribution is -0.398. The molecular formula is C48H32N12O2+4. The van der Waals surface area contributed by atoms with Gasteiger partial charge in [-0.2, -0.15) is 9.97 Å². The third-order valence-corrected chi connectivity index (χ3v) is 10.9. The molecule has 0 unspecified atom stereocenters. The van der Waals surface area contributed by atoms with E-state index in [1.54, 1.807) is 24.8 Å². The van der Waals surface area contributed by atoms with Gasteiger partial charge in [0.25, 0.3) is 0 Å². The van der Waals surface area contributed by atoms with Crippen molar-refractivity contribution in [1.29, 1.82) is 0 Å². The van der Waals surface area contributed by atoms with Gasteiger partial charge < -0.3 is 9.47 Å². The van der Waals surface area contributed by atoms with E-state index in [1.807, 2.05) is 142 Å². The molecule has 2 aliphatic heterocycles. The number of aromatic nitrogens is 8. The summed E-state index contributed by atoms with van der Waals surface area (Å²) in [6, 6.07) is 46.5. The minimum Gasteiger partial charge on any atom is -0.457 e. The second kappa shape index (κ2) is 13.8. The van der Waals surface area contributed by atoms with E-state index < -0.39 is 0 Å². The van der Waals surface area contributed by atoms with Crippen molar-refractivity contribution in [2.45, 2.75) is 0 Å². The average Bonchev–Trinajstić information content (AvgIpc) is 4.04. The summed E-state index contributed by atoms with van der Waals surface area (Å²) < 4.78 is 25.0. The highest BCUT2D eigenvalue weighted by Gasteiger charge is 2.36. The van der Waals surface area contributed by atoms with E-state index in [0.717, 1.165) is 67.5 Å². The van der Waals surface area contributed by atoms with Gasteiger partial charge in [-0.15, -0.1) is 9.15 Å². The first-order valence-corrected chi connectivity index (χ1v) is 19.8. The van der Waals surface area contributed by atoms with Crippen LogP contribution in [0, 0.1) is 0 Å². The highest BCUT2D eigenvalue weighted by atomic mass is 16.5. The van der Waals surface area contributed by atoms with Gasteiger partial charge in [0.05, 0.1) is 34.5 Å². The monoisotopic (exact) mass is 808 g/mol. The predicted molar refractivity (Wildman–Crippen MR) is 235 cm³/mol. The first-order chi connectivity index (χ1) is 30.6. The number of fused-ring (bicyclic) bond motifs is 7. The number of hydrogen-bond acceptors (Lipinski definition) is 8. The van der Waals surface area contributed by atoms with Gasteiger partial charge in [0.1, 0.15) is 48.7 Å². The Balaban J connectivity index is 0.982. The van der Waals surface area contributed by atoms with Crippen LogP contribution in [0.25, 0.3) is 44.5 Å². The summed E-state index contributed by atoms with van der Waals surface area (Å²) in [7, 11) is 3.80. The lowest BCUT2D eigenvalue weighted by atomic mass is 10.2. The topological polar surface area (TPSA) is 118 Å². The van der Waals surface area contributed by atoms with Gasteiger partial charge >= 0.3 is 35.3 Å². The Morgan fingerprint density at radius 2 is 0.855 bits per heavy atom. The first-order valence-electron chi connectivity index (χ1n) is 19.8. The van der Waals surface area contributed by atoms with E-state index in [9.17, 15) is 0 Å². The Hall–Kier alpha value is -8.96. The van der Waals surface area contributed by atoms with Gasteiger partial charge in [-0.25, -0.2) is 9.97 Å². The predicted octanol–water partition coefficient (Wildman–Crippen LogP) is 9.27. The van der Waals surface area contributed by atoms with Crippen LogP contribution in [0.4, 0.5) is 34.6 Å². The Morgan fingerprint density at radius 1 is 0.419 bits per heavy atom. The van der Waals surface area contributed by atoms with E-state index in [1.165, 1.54) is 0 Å². The molecule has 0 saturated heterocycles. The number of nitrogens with zero attached hydrogens (tertiary/aromatic N) is 12. The number of benzene rings is 4. The molecule has 10 aromatic rings. The largest absolute Gasteiger partial charge is 0.479 e. The Labute approximate surface area is 352 Å². The third kappa shape index (κ3) is 5.60. The zero-order valence-corrected chi connectivity index (χ0v) is 33.2. The van der Waals surface area contributed by atoms with Gasteiger partial charge in [-0.1, -0.05) is 33.4 Å². The molecule has 0 bridgehead atoms. The van der Waals surface area contributed by atoms with Crippen LogP contribution in [0.2, 0.25) is 0 Å². The van der Waals surface area contributed by atoms with Gasteiger partial charge in [-0.05, 0) is 72.8 Å². The molecule has 0 radical (unpaired) electrons. The molecule has 2 aliphatic rings. The van der Waals surface area contributed by atoms with Crippen molar-refractivity contribution < 1.29 is 18.6 Å². The van der Waals surface area contributed by atoms with E-state index >= 15 is 0 Å². The molecule has 0 aliphatic carbocycles. The van der Waals surface area contributed by atoms with Crippen LogP contribution in [-0.4, -0.2) is 74.3 Å². The molecule has 0 fully saturated rings. The lowest BCUT2D eigenvalue weighted by Crippen LogP contribution is -2.01. The maximum atomic E-state index is 6.61. The number of pyridine rings is 2. The summed E-state index contributed by atoms with van der Waals surface area (Å²) in [4.78, 5) is 27.8. The molecular weight excluding hydrogens is 777 g/mol. The summed E-state index contributed by atoms with van der Waals surface area (Å²) in [5.41, 5.74) is 5.48. The second-order valence-electron chi connectivity index (χ2n) is 14.7. The van der Waals surface area contributed by atoms with Crippen molar-refractivity contribution in [3.05, 3.63) is 159 Å². The molecule has 14 nitrogen and oxygen atoms in total. The van der Waals surface area contributed by atoms with Crippen molar-refractivity contribution >= 4 is 79.5 Å². The van der Waals surface area contributed by atoms with E-state index in [2.05, 4.69) is 65.4 Å². The Morgan fingerprint density at radius 3 is 1.29 bits per heavy atom. The van der Waals surface area contributed by atoms with Gasteiger partial charge in [-0.3, -0.25) is 9.13 Å². The fourth-order valence-corrected chi connectivity index (χ4v) is 8.25. The average molecular weight is 809 g/mol. The Bertz CT molecular complexity index is 3400. The van der Waals surface area contributed by atoms with Crippen molar-refractivity contribution in [1.82, 2.24) is 48.2 Å². The highest BCUT2D eigenvalue weighted by molar-refractivity contribution is 6.20. The standard InChI is InChI=1S/C48H32N12O2/c1-55-29-57(47-45(55)51-21-23-53-47)31-9-7-11-33(25-31)61-35-15-17-37-39(27-35)59(41-13-3-5-19-49-41)44-38-18-16-36(28-40(38)60(43(37)44)42-14-4-6-20-50-42)62-34-12-8-10-32(26-34)58-30-56(2)46-48(58)54-24-22-52-46/h3-28H,1-2H3/q+4. The normalized spacial score (nSPS) is 12.9. The van der Waals surface area contributed by atoms with Crippen LogP contribution in [0.3, 0.4) is 0 Å². The minimum absolute atomic E-state index is 0.660. The molecule has 0 spiro atoms. The third-order valence-electron chi connectivity index (χ3n) is 10.9. The highest BCUT2D eigenvalue weighted by Crippen LogP contribution is 2.43. The maximum Gasteiger partial charge on any atom is 0.479 e. The lowest BCUT2D eigenvalue weighted by Gasteiger charge is -2.11. The molecule has 6 aromatic heterocycles. The van der Waals surface area contributed by atoms with E-state index in [-0.39, 0.29) is 0 Å². The summed E-state index contributed by atoms with van der Waals surface area (Å²) in [5.74, 6) is 7.04. The van der Waals surface area contributed by atoms with Crippen LogP contribution in [-0.2, 0) is 0 Å². The first kappa shape index (κ1) is 35.0. The van der Waals surface area contributed by atoms with E-state index in [0.29, 0.717) is 34.6 Å². The summed E-state index contributed by atoms with van der Waals surface area (Å²) in [6.45, 7) is 0. The van der Waals surface area contributed by atoms with Crippen molar-refractivity contribution in [2.75, 3.05) is 14.1 Å². The SMILES string of the molecule is C[N+]1=C=[N+](c2cccc(Oc3ccc4c(c3)n(-c3ccccn3)c3c5ccc(Oc6cccc([N+]7=C=[N+](C)c8nccnc87)c6)cc5n(-c5ccccn5)c43)c2)c2nccnc21. The van der Waals surface area contributed by atoms with E-state index in [4.69, 9.17) is 19.4 Å². The van der Waals surface area contributed by atoms with Crippen LogP contribution in [0.5, 0.6) is 23.0 Å². The van der Waals surface area contributed by atoms with Crippen LogP contribution < -0.4 is 18.6 Å². The van der Waals surface area contributed by atoms with Crippen molar-refractivity contribution in [3.63, 3.8) is 0 Å². The maximum absolute atomic E-state index is 6.61. The molecule has 0 saturated carbocycles. The summed E-state index contributed by atoms with van der Waals surface area (Å²) in [6.07, 6.45) is 10.3. The zero-order chi connectivity index (χ0) is 41.3. The molecule has 0 N–H and O–H groups in total. The molecule has 8 heterocycles. The molecule has 0 atom stereocenters. The van der Waals surface area contributed by atoms with Gasteiger partial charge in [0, 0.05) is 57.4 Å². The fourth-order valence-electron chi connectivity index (χ4n) is 8.25. The molecule has 0 amide bonds.